The van der Waals surface area contributed by atoms with E-state index in [9.17, 15) is 14.4 Å². The molecule has 1 amide bonds. The Morgan fingerprint density at radius 2 is 1.85 bits per heavy atom. The molecule has 4 nitrogen and oxygen atoms in total. The number of anilines is 1. The molecular weight excluding hydrogens is 530 g/mol. The van der Waals surface area contributed by atoms with Crippen LogP contribution in [0.3, 0.4) is 0 Å². The summed E-state index contributed by atoms with van der Waals surface area (Å²) in [4.78, 5) is 12.6. The van der Waals surface area contributed by atoms with E-state index >= 15 is 0 Å². The SMILES string of the molecule is CCOc1cc(/C=C(\C#N)C(=O)Nc2ccccc2F)cc(I)c1Cc1cc(C)cc(C)c1. The summed E-state index contributed by atoms with van der Waals surface area (Å²) in [5.41, 5.74) is 5.21. The summed E-state index contributed by atoms with van der Waals surface area (Å²) in [6.45, 7) is 6.56. The molecule has 0 saturated heterocycles. The molecule has 1 N–H and O–H groups in total. The number of hydrogen-bond acceptors (Lipinski definition) is 3. The van der Waals surface area contributed by atoms with Crippen LogP contribution >= 0.6 is 22.6 Å². The van der Waals surface area contributed by atoms with Gasteiger partial charge >= 0.3 is 0 Å². The second-order valence-corrected chi connectivity index (χ2v) is 8.85. The van der Waals surface area contributed by atoms with Crippen LogP contribution in [0.25, 0.3) is 6.08 Å². The highest BCUT2D eigenvalue weighted by Crippen LogP contribution is 2.30. The Kier molecular flexibility index (Phi) is 8.23. The number of nitrogens with zero attached hydrogens (tertiary/aromatic N) is 1. The van der Waals surface area contributed by atoms with Gasteiger partial charge in [0, 0.05) is 15.6 Å². The van der Waals surface area contributed by atoms with E-state index < -0.39 is 11.7 Å². The second-order valence-electron chi connectivity index (χ2n) is 7.69. The number of halogens is 2. The molecule has 0 unspecified atom stereocenters. The van der Waals surface area contributed by atoms with E-state index in [0.29, 0.717) is 24.3 Å². The molecule has 0 aliphatic heterocycles. The lowest BCUT2D eigenvalue weighted by molar-refractivity contribution is -0.112. The molecule has 3 rings (SSSR count). The number of rotatable bonds is 7. The molecule has 0 radical (unpaired) electrons. The maximum absolute atomic E-state index is 13.9. The summed E-state index contributed by atoms with van der Waals surface area (Å²) in [6.07, 6.45) is 2.19. The molecule has 0 fully saturated rings. The van der Waals surface area contributed by atoms with Crippen molar-refractivity contribution in [2.75, 3.05) is 11.9 Å². The van der Waals surface area contributed by atoms with Crippen molar-refractivity contribution < 1.29 is 13.9 Å². The minimum absolute atomic E-state index is 0.0250. The van der Waals surface area contributed by atoms with Gasteiger partial charge in [-0.2, -0.15) is 5.26 Å². The van der Waals surface area contributed by atoms with Crippen LogP contribution in [0, 0.1) is 34.6 Å². The van der Waals surface area contributed by atoms with Crippen molar-refractivity contribution in [3.63, 3.8) is 0 Å². The first-order valence-corrected chi connectivity index (χ1v) is 11.6. The number of para-hydroxylation sites is 1. The minimum Gasteiger partial charge on any atom is -0.494 e. The Hall–Kier alpha value is -3.18. The summed E-state index contributed by atoms with van der Waals surface area (Å²) >= 11 is 2.25. The van der Waals surface area contributed by atoms with Crippen molar-refractivity contribution in [1.29, 1.82) is 5.26 Å². The molecule has 3 aromatic carbocycles. The smallest absolute Gasteiger partial charge is 0.266 e. The molecule has 0 saturated carbocycles. The maximum Gasteiger partial charge on any atom is 0.266 e. The fraction of sp³-hybridized carbons (Fsp3) is 0.185. The molecule has 6 heteroatoms. The van der Waals surface area contributed by atoms with Crippen molar-refractivity contribution in [1.82, 2.24) is 0 Å². The Bertz CT molecular complexity index is 1240. The number of nitriles is 1. The zero-order valence-corrected chi connectivity index (χ0v) is 20.9. The topological polar surface area (TPSA) is 62.1 Å². The van der Waals surface area contributed by atoms with Crippen LogP contribution in [0.5, 0.6) is 5.75 Å². The lowest BCUT2D eigenvalue weighted by Crippen LogP contribution is -2.14. The highest BCUT2D eigenvalue weighted by molar-refractivity contribution is 14.1. The van der Waals surface area contributed by atoms with E-state index in [1.807, 2.05) is 25.1 Å². The average Bonchev–Trinajstić information content (AvgIpc) is 2.75. The number of carbonyl (C=O) groups excluding carboxylic acids is 1. The van der Waals surface area contributed by atoms with Crippen LogP contribution in [0.1, 0.15) is 34.7 Å². The van der Waals surface area contributed by atoms with E-state index in [-0.39, 0.29) is 11.3 Å². The van der Waals surface area contributed by atoms with Gasteiger partial charge in [0.1, 0.15) is 23.2 Å². The largest absolute Gasteiger partial charge is 0.494 e. The van der Waals surface area contributed by atoms with Gasteiger partial charge in [-0.3, -0.25) is 4.79 Å². The first-order chi connectivity index (χ1) is 15.8. The monoisotopic (exact) mass is 554 g/mol. The summed E-state index contributed by atoms with van der Waals surface area (Å²) in [6, 6.07) is 17.9. The van der Waals surface area contributed by atoms with Crippen LogP contribution in [-0.2, 0) is 11.2 Å². The molecule has 0 spiro atoms. The summed E-state index contributed by atoms with van der Waals surface area (Å²) in [5.74, 6) is -0.524. The van der Waals surface area contributed by atoms with Gasteiger partial charge < -0.3 is 10.1 Å². The van der Waals surface area contributed by atoms with Gasteiger partial charge in [-0.1, -0.05) is 41.5 Å². The van der Waals surface area contributed by atoms with Crippen molar-refractivity contribution in [2.45, 2.75) is 27.2 Å². The number of carbonyl (C=O) groups is 1. The van der Waals surface area contributed by atoms with Gasteiger partial charge in [0.25, 0.3) is 5.91 Å². The number of hydrogen-bond donors (Lipinski definition) is 1. The number of nitrogens with one attached hydrogen (secondary N) is 1. The maximum atomic E-state index is 13.9. The Labute approximate surface area is 207 Å². The van der Waals surface area contributed by atoms with Gasteiger partial charge in [-0.05, 0) is 84.8 Å². The third-order valence-electron chi connectivity index (χ3n) is 4.94. The fourth-order valence-electron chi connectivity index (χ4n) is 3.61. The summed E-state index contributed by atoms with van der Waals surface area (Å²) in [5, 5.41) is 12.0. The van der Waals surface area contributed by atoms with Crippen LogP contribution in [0.15, 0.2) is 60.2 Å². The van der Waals surface area contributed by atoms with Crippen molar-refractivity contribution in [2.24, 2.45) is 0 Å². The molecule has 0 aromatic heterocycles. The van der Waals surface area contributed by atoms with Crippen LogP contribution < -0.4 is 10.1 Å². The van der Waals surface area contributed by atoms with Crippen LogP contribution in [-0.4, -0.2) is 12.5 Å². The predicted octanol–water partition coefficient (Wildman–Crippen LogP) is 6.58. The number of ether oxygens (including phenoxy) is 1. The molecule has 168 valence electrons. The molecular formula is C27H24FIN2O2. The van der Waals surface area contributed by atoms with Gasteiger partial charge in [0.2, 0.25) is 0 Å². The van der Waals surface area contributed by atoms with Crippen molar-refractivity contribution in [3.8, 4) is 11.8 Å². The number of aryl methyl sites for hydroxylation is 2. The average molecular weight is 554 g/mol. The number of benzene rings is 3. The lowest BCUT2D eigenvalue weighted by atomic mass is 9.98. The molecule has 0 atom stereocenters. The molecule has 3 aromatic rings. The lowest BCUT2D eigenvalue weighted by Gasteiger charge is -2.15. The van der Waals surface area contributed by atoms with Crippen LogP contribution in [0.2, 0.25) is 0 Å². The molecule has 0 aliphatic carbocycles. The van der Waals surface area contributed by atoms with E-state index in [0.717, 1.165) is 9.13 Å². The third-order valence-corrected chi connectivity index (χ3v) is 5.90. The van der Waals surface area contributed by atoms with E-state index in [1.165, 1.54) is 41.0 Å². The molecule has 0 heterocycles. The molecule has 0 bridgehead atoms. The Morgan fingerprint density at radius 3 is 2.48 bits per heavy atom. The first-order valence-electron chi connectivity index (χ1n) is 10.5. The third kappa shape index (κ3) is 6.42. The van der Waals surface area contributed by atoms with Gasteiger partial charge in [-0.15, -0.1) is 0 Å². The van der Waals surface area contributed by atoms with Crippen molar-refractivity contribution in [3.05, 3.63) is 97.4 Å². The predicted molar refractivity (Wildman–Crippen MR) is 138 cm³/mol. The van der Waals surface area contributed by atoms with E-state index in [2.05, 4.69) is 60.0 Å². The highest BCUT2D eigenvalue weighted by Gasteiger charge is 2.15. The first kappa shape index (κ1) is 24.5. The second kappa shape index (κ2) is 11.1. The standard InChI is InChI=1S/C27H24FIN2O2/c1-4-33-26-15-20(12-21(16-30)27(32)31-25-8-6-5-7-23(25)28)14-24(29)22(26)13-19-10-17(2)9-18(3)11-19/h5-12,14-15H,4,13H2,1-3H3,(H,31,32)/b21-12+. The van der Waals surface area contributed by atoms with Crippen molar-refractivity contribution >= 4 is 40.3 Å². The minimum atomic E-state index is -0.671. The Balaban J connectivity index is 1.94. The molecule has 0 aliphatic rings. The van der Waals surface area contributed by atoms with Gasteiger partial charge in [0.05, 0.1) is 12.3 Å². The quantitative estimate of drug-likeness (QED) is 0.204. The fourth-order valence-corrected chi connectivity index (χ4v) is 4.43. The van der Waals surface area contributed by atoms with Gasteiger partial charge in [0.15, 0.2) is 0 Å². The molecule has 33 heavy (non-hydrogen) atoms. The Morgan fingerprint density at radius 1 is 1.15 bits per heavy atom. The van der Waals surface area contributed by atoms with E-state index in [4.69, 9.17) is 4.74 Å². The summed E-state index contributed by atoms with van der Waals surface area (Å²) < 4.78 is 20.8. The van der Waals surface area contributed by atoms with E-state index in [1.54, 1.807) is 6.07 Å². The highest BCUT2D eigenvalue weighted by atomic mass is 127. The zero-order chi connectivity index (χ0) is 24.0. The zero-order valence-electron chi connectivity index (χ0n) is 18.7. The normalized spacial score (nSPS) is 11.1. The number of amides is 1. The summed E-state index contributed by atoms with van der Waals surface area (Å²) in [7, 11) is 0. The van der Waals surface area contributed by atoms with Gasteiger partial charge in [-0.25, -0.2) is 4.39 Å². The van der Waals surface area contributed by atoms with Crippen LogP contribution in [0.4, 0.5) is 10.1 Å².